The van der Waals surface area contributed by atoms with Gasteiger partial charge in [0.2, 0.25) is 0 Å². The number of ether oxygens (including phenoxy) is 1. The van der Waals surface area contributed by atoms with Crippen molar-refractivity contribution in [2.75, 3.05) is 0 Å². The van der Waals surface area contributed by atoms with E-state index in [0.717, 1.165) is 10.0 Å². The Balaban J connectivity index is 2.20. The molecule has 0 unspecified atom stereocenters. The first kappa shape index (κ1) is 15.4. The number of benzene rings is 2. The van der Waals surface area contributed by atoms with Gasteiger partial charge in [0, 0.05) is 20.1 Å². The molecule has 0 radical (unpaired) electrons. The minimum atomic E-state index is -0.0931. The molecule has 2 rings (SSSR count). The molecule has 0 atom stereocenters. The Morgan fingerprint density at radius 3 is 2.60 bits per heavy atom. The van der Waals surface area contributed by atoms with Crippen molar-refractivity contribution in [3.8, 4) is 5.75 Å². The van der Waals surface area contributed by atoms with Gasteiger partial charge >= 0.3 is 0 Å². The largest absolute Gasteiger partial charge is 0.488 e. The zero-order valence-electron chi connectivity index (χ0n) is 10.6. The summed E-state index contributed by atoms with van der Waals surface area (Å²) < 4.78 is 6.59. The third kappa shape index (κ3) is 3.75. The molecule has 5 heteroatoms. The summed E-state index contributed by atoms with van der Waals surface area (Å²) in [5.41, 5.74) is 1.31. The summed E-state index contributed by atoms with van der Waals surface area (Å²) in [7, 11) is 0. The smallest absolute Gasteiger partial charge is 0.163 e. The third-order valence-electron chi connectivity index (χ3n) is 2.72. The highest BCUT2D eigenvalue weighted by atomic mass is 79.9. The van der Waals surface area contributed by atoms with E-state index in [0.29, 0.717) is 21.4 Å². The third-order valence-corrected chi connectivity index (χ3v) is 3.80. The van der Waals surface area contributed by atoms with Gasteiger partial charge in [-0.1, -0.05) is 45.2 Å². The topological polar surface area (TPSA) is 26.3 Å². The lowest BCUT2D eigenvalue weighted by molar-refractivity contribution is 0.101. The predicted octanol–water partition coefficient (Wildman–Crippen LogP) is 5.54. The number of ketones is 1. The van der Waals surface area contributed by atoms with Gasteiger partial charge in [0.15, 0.2) is 5.78 Å². The van der Waals surface area contributed by atoms with Crippen LogP contribution in [0.3, 0.4) is 0 Å². The lowest BCUT2D eigenvalue weighted by atomic mass is 10.1. The monoisotopic (exact) mass is 372 g/mol. The predicted molar refractivity (Wildman–Crippen MR) is 84.9 cm³/mol. The number of carbonyl (C=O) groups is 1. The van der Waals surface area contributed by atoms with Gasteiger partial charge in [-0.25, -0.2) is 0 Å². The molecule has 0 aliphatic heterocycles. The van der Waals surface area contributed by atoms with Crippen LogP contribution in [0.2, 0.25) is 10.0 Å². The number of rotatable bonds is 4. The van der Waals surface area contributed by atoms with E-state index in [1.165, 1.54) is 6.92 Å². The molecular weight excluding hydrogens is 363 g/mol. The number of hydrogen-bond acceptors (Lipinski definition) is 2. The zero-order chi connectivity index (χ0) is 14.7. The molecule has 0 spiro atoms. The maximum absolute atomic E-state index is 11.6. The molecule has 0 saturated carbocycles. The van der Waals surface area contributed by atoms with E-state index in [1.807, 2.05) is 12.1 Å². The lowest BCUT2D eigenvalue weighted by Gasteiger charge is -2.11. The van der Waals surface area contributed by atoms with Gasteiger partial charge in [-0.15, -0.1) is 0 Å². The van der Waals surface area contributed by atoms with Crippen LogP contribution in [-0.4, -0.2) is 5.78 Å². The standard InChI is InChI=1S/C15H11BrCl2O2/c1-9(19)13-7-12(17)4-5-15(13)20-8-10-2-3-11(16)6-14(10)18/h2-7H,8H2,1H3. The Labute approximate surface area is 135 Å². The van der Waals surface area contributed by atoms with Crippen LogP contribution in [0.4, 0.5) is 0 Å². The highest BCUT2D eigenvalue weighted by Crippen LogP contribution is 2.26. The van der Waals surface area contributed by atoms with Crippen LogP contribution in [0.25, 0.3) is 0 Å². The molecule has 0 heterocycles. The van der Waals surface area contributed by atoms with E-state index in [2.05, 4.69) is 15.9 Å². The Morgan fingerprint density at radius 1 is 1.20 bits per heavy atom. The van der Waals surface area contributed by atoms with Crippen molar-refractivity contribution in [2.45, 2.75) is 13.5 Å². The summed E-state index contributed by atoms with van der Waals surface area (Å²) in [6.07, 6.45) is 0. The molecule has 2 aromatic carbocycles. The second-order valence-electron chi connectivity index (χ2n) is 4.22. The minimum Gasteiger partial charge on any atom is -0.488 e. The maximum Gasteiger partial charge on any atom is 0.163 e. The molecule has 104 valence electrons. The van der Waals surface area contributed by atoms with E-state index in [9.17, 15) is 4.79 Å². The second-order valence-corrected chi connectivity index (χ2v) is 5.98. The summed E-state index contributed by atoms with van der Waals surface area (Å²) in [4.78, 5) is 11.6. The van der Waals surface area contributed by atoms with Crippen LogP contribution in [-0.2, 0) is 6.61 Å². The summed E-state index contributed by atoms with van der Waals surface area (Å²) >= 11 is 15.4. The van der Waals surface area contributed by atoms with Crippen molar-refractivity contribution in [3.05, 3.63) is 62.0 Å². The fraction of sp³-hybridized carbons (Fsp3) is 0.133. The highest BCUT2D eigenvalue weighted by molar-refractivity contribution is 9.10. The average molecular weight is 374 g/mol. The first-order valence-corrected chi connectivity index (χ1v) is 7.39. The van der Waals surface area contributed by atoms with Crippen molar-refractivity contribution in [2.24, 2.45) is 0 Å². The summed E-state index contributed by atoms with van der Waals surface area (Å²) in [5, 5.41) is 1.11. The van der Waals surface area contributed by atoms with Gasteiger partial charge < -0.3 is 4.74 Å². The van der Waals surface area contributed by atoms with E-state index in [1.54, 1.807) is 24.3 Å². The number of carbonyl (C=O) groups excluding carboxylic acids is 1. The van der Waals surface area contributed by atoms with E-state index in [4.69, 9.17) is 27.9 Å². The highest BCUT2D eigenvalue weighted by Gasteiger charge is 2.10. The van der Waals surface area contributed by atoms with Gasteiger partial charge in [0.05, 0.1) is 5.56 Å². The molecule has 20 heavy (non-hydrogen) atoms. The average Bonchev–Trinajstić information content (AvgIpc) is 2.38. The van der Waals surface area contributed by atoms with E-state index in [-0.39, 0.29) is 12.4 Å². The second kappa shape index (κ2) is 6.61. The number of halogens is 3. The Morgan fingerprint density at radius 2 is 1.95 bits per heavy atom. The first-order valence-electron chi connectivity index (χ1n) is 5.84. The summed E-state index contributed by atoms with van der Waals surface area (Å²) in [5.74, 6) is 0.408. The van der Waals surface area contributed by atoms with Crippen molar-refractivity contribution in [1.29, 1.82) is 0 Å². The molecule has 2 aromatic rings. The quantitative estimate of drug-likeness (QED) is 0.658. The van der Waals surface area contributed by atoms with Crippen LogP contribution in [0.15, 0.2) is 40.9 Å². The Bertz CT molecular complexity index is 656. The molecule has 0 bridgehead atoms. The van der Waals surface area contributed by atoms with E-state index < -0.39 is 0 Å². The molecular formula is C15H11BrCl2O2. The van der Waals surface area contributed by atoms with Gasteiger partial charge in [0.1, 0.15) is 12.4 Å². The molecule has 2 nitrogen and oxygen atoms in total. The fourth-order valence-corrected chi connectivity index (χ4v) is 2.60. The van der Waals surface area contributed by atoms with Crippen LogP contribution in [0, 0.1) is 0 Å². The zero-order valence-corrected chi connectivity index (χ0v) is 13.7. The minimum absolute atomic E-state index is 0.0931. The number of Topliss-reactive ketones (excluding diaryl/α,β-unsaturated/α-hetero) is 1. The van der Waals surface area contributed by atoms with Gasteiger partial charge in [-0.05, 0) is 37.3 Å². The van der Waals surface area contributed by atoms with Crippen LogP contribution in [0.5, 0.6) is 5.75 Å². The summed E-state index contributed by atoms with van der Waals surface area (Å²) in [6, 6.07) is 10.5. The summed E-state index contributed by atoms with van der Waals surface area (Å²) in [6.45, 7) is 1.76. The molecule has 0 saturated heterocycles. The first-order chi connectivity index (χ1) is 9.47. The Kier molecular flexibility index (Phi) is 5.08. The van der Waals surface area contributed by atoms with Crippen molar-refractivity contribution in [1.82, 2.24) is 0 Å². The lowest BCUT2D eigenvalue weighted by Crippen LogP contribution is -2.02. The van der Waals surface area contributed by atoms with Crippen LogP contribution in [0.1, 0.15) is 22.8 Å². The van der Waals surface area contributed by atoms with Crippen molar-refractivity contribution < 1.29 is 9.53 Å². The molecule has 0 fully saturated rings. The Hall–Kier alpha value is -1.03. The molecule has 0 aliphatic carbocycles. The maximum atomic E-state index is 11.6. The van der Waals surface area contributed by atoms with E-state index >= 15 is 0 Å². The SMILES string of the molecule is CC(=O)c1cc(Cl)ccc1OCc1ccc(Br)cc1Cl. The van der Waals surface area contributed by atoms with Gasteiger partial charge in [-0.2, -0.15) is 0 Å². The fourth-order valence-electron chi connectivity index (χ4n) is 1.70. The normalized spacial score (nSPS) is 10.4. The van der Waals surface area contributed by atoms with Crippen LogP contribution < -0.4 is 4.74 Å². The van der Waals surface area contributed by atoms with Gasteiger partial charge in [-0.3, -0.25) is 4.79 Å². The number of hydrogen-bond donors (Lipinski definition) is 0. The van der Waals surface area contributed by atoms with Gasteiger partial charge in [0.25, 0.3) is 0 Å². The molecule has 0 aromatic heterocycles. The van der Waals surface area contributed by atoms with Crippen LogP contribution >= 0.6 is 39.1 Å². The van der Waals surface area contributed by atoms with Crippen molar-refractivity contribution >= 4 is 44.9 Å². The molecule has 0 aliphatic rings. The molecule has 0 amide bonds. The molecule has 0 N–H and O–H groups in total. The van der Waals surface area contributed by atoms with Crippen molar-refractivity contribution in [3.63, 3.8) is 0 Å².